The van der Waals surface area contributed by atoms with E-state index in [0.29, 0.717) is 25.2 Å². The van der Waals surface area contributed by atoms with Gasteiger partial charge in [0.1, 0.15) is 5.82 Å². The van der Waals surface area contributed by atoms with Gasteiger partial charge in [0.15, 0.2) is 0 Å². The Morgan fingerprint density at radius 3 is 2.80 bits per heavy atom. The van der Waals surface area contributed by atoms with Crippen molar-refractivity contribution in [3.63, 3.8) is 0 Å². The van der Waals surface area contributed by atoms with Gasteiger partial charge in [-0.2, -0.15) is 5.10 Å². The Morgan fingerprint density at radius 1 is 1.32 bits per heavy atom. The normalized spacial score (nSPS) is 17.4. The summed E-state index contributed by atoms with van der Waals surface area (Å²) < 4.78 is 1.62. The average Bonchev–Trinajstić information content (AvgIpc) is 2.95. The van der Waals surface area contributed by atoms with E-state index in [4.69, 9.17) is 5.11 Å². The number of hydrogen-bond donors (Lipinski definition) is 2. The first-order valence-corrected chi connectivity index (χ1v) is 8.34. The van der Waals surface area contributed by atoms with E-state index in [9.17, 15) is 9.59 Å². The van der Waals surface area contributed by atoms with Crippen LogP contribution in [0.25, 0.3) is 11.3 Å². The van der Waals surface area contributed by atoms with Crippen molar-refractivity contribution >= 4 is 17.8 Å². The number of nitrogens with zero attached hydrogens (tertiary/aromatic N) is 3. The quantitative estimate of drug-likeness (QED) is 0.898. The number of aliphatic carboxylic acids is 1. The molecular weight excluding hydrogens is 320 g/mol. The number of carbonyl (C=O) groups excluding carboxylic acids is 1. The summed E-state index contributed by atoms with van der Waals surface area (Å²) in [5.41, 5.74) is 2.92. The number of piperidine rings is 1. The highest BCUT2D eigenvalue weighted by molar-refractivity contribution is 5.89. The predicted octanol–water partition coefficient (Wildman–Crippen LogP) is 2.72. The lowest BCUT2D eigenvalue weighted by Gasteiger charge is -2.30. The van der Waals surface area contributed by atoms with E-state index in [1.807, 2.05) is 37.3 Å². The number of carbonyl (C=O) groups is 2. The van der Waals surface area contributed by atoms with Gasteiger partial charge in [-0.1, -0.05) is 24.3 Å². The van der Waals surface area contributed by atoms with Crippen LogP contribution in [-0.4, -0.2) is 44.9 Å². The van der Waals surface area contributed by atoms with Crippen LogP contribution in [0, 0.1) is 12.8 Å². The molecule has 2 N–H and O–H groups in total. The fourth-order valence-corrected chi connectivity index (χ4v) is 3.13. The van der Waals surface area contributed by atoms with Crippen LogP contribution in [0.15, 0.2) is 30.3 Å². The predicted molar refractivity (Wildman–Crippen MR) is 94.3 cm³/mol. The molecule has 0 spiro atoms. The minimum Gasteiger partial charge on any atom is -0.481 e. The van der Waals surface area contributed by atoms with Gasteiger partial charge in [-0.15, -0.1) is 0 Å². The lowest BCUT2D eigenvalue weighted by molar-refractivity contribution is -0.143. The number of urea groups is 1. The molecule has 0 bridgehead atoms. The molecule has 25 heavy (non-hydrogen) atoms. The number of rotatable bonds is 3. The maximum Gasteiger partial charge on any atom is 0.323 e. The SMILES string of the molecule is Cc1ccccc1-c1cc(NC(=O)N2CCCC(C(=O)O)C2)n(C)n1. The molecule has 1 saturated heterocycles. The third-order valence-electron chi connectivity index (χ3n) is 4.59. The molecule has 1 aromatic carbocycles. The first-order chi connectivity index (χ1) is 12.0. The van der Waals surface area contributed by atoms with Gasteiger partial charge in [0.2, 0.25) is 0 Å². The summed E-state index contributed by atoms with van der Waals surface area (Å²) in [4.78, 5) is 25.2. The van der Waals surface area contributed by atoms with E-state index in [2.05, 4.69) is 10.4 Å². The highest BCUT2D eigenvalue weighted by atomic mass is 16.4. The monoisotopic (exact) mass is 342 g/mol. The summed E-state index contributed by atoms with van der Waals surface area (Å²) in [7, 11) is 1.77. The van der Waals surface area contributed by atoms with Gasteiger partial charge in [-0.25, -0.2) is 4.79 Å². The van der Waals surface area contributed by atoms with E-state index in [-0.39, 0.29) is 12.6 Å². The molecular formula is C18H22N4O3. The average molecular weight is 342 g/mol. The van der Waals surface area contributed by atoms with Crippen LogP contribution in [0.3, 0.4) is 0 Å². The van der Waals surface area contributed by atoms with Crippen LogP contribution < -0.4 is 5.32 Å². The fourth-order valence-electron chi connectivity index (χ4n) is 3.13. The highest BCUT2D eigenvalue weighted by Crippen LogP contribution is 2.25. The molecule has 0 radical (unpaired) electrons. The minimum atomic E-state index is -0.847. The Balaban J connectivity index is 1.74. The second kappa shape index (κ2) is 6.96. The molecule has 0 aliphatic carbocycles. The number of aryl methyl sites for hydroxylation is 2. The van der Waals surface area contributed by atoms with E-state index >= 15 is 0 Å². The largest absolute Gasteiger partial charge is 0.481 e. The third-order valence-corrected chi connectivity index (χ3v) is 4.59. The number of hydrogen-bond acceptors (Lipinski definition) is 3. The first-order valence-electron chi connectivity index (χ1n) is 8.34. The van der Waals surface area contributed by atoms with Gasteiger partial charge in [-0.3, -0.25) is 14.8 Å². The number of amides is 2. The molecule has 2 amide bonds. The van der Waals surface area contributed by atoms with Crippen LogP contribution in [0.5, 0.6) is 0 Å². The molecule has 2 heterocycles. The molecule has 1 fully saturated rings. The molecule has 0 saturated carbocycles. The van der Waals surface area contributed by atoms with Crippen molar-refractivity contribution in [3.8, 4) is 11.3 Å². The maximum absolute atomic E-state index is 12.5. The van der Waals surface area contributed by atoms with Gasteiger partial charge in [-0.05, 0) is 25.3 Å². The standard InChI is InChI=1S/C18H22N4O3/c1-12-6-3-4-8-14(12)15-10-16(21(2)20-15)19-18(25)22-9-5-7-13(11-22)17(23)24/h3-4,6,8,10,13H,5,7,9,11H2,1-2H3,(H,19,25)(H,23,24). The highest BCUT2D eigenvalue weighted by Gasteiger charge is 2.28. The maximum atomic E-state index is 12.5. The topological polar surface area (TPSA) is 87.5 Å². The number of aromatic nitrogens is 2. The molecule has 1 atom stereocenters. The molecule has 3 rings (SSSR count). The smallest absolute Gasteiger partial charge is 0.323 e. The number of nitrogens with one attached hydrogen (secondary N) is 1. The Kier molecular flexibility index (Phi) is 4.74. The van der Waals surface area contributed by atoms with Crippen molar-refractivity contribution in [2.75, 3.05) is 18.4 Å². The van der Waals surface area contributed by atoms with E-state index in [0.717, 1.165) is 16.8 Å². The summed E-state index contributed by atoms with van der Waals surface area (Å²) in [6.45, 7) is 2.82. The zero-order valence-electron chi connectivity index (χ0n) is 14.4. The molecule has 1 unspecified atom stereocenters. The van der Waals surface area contributed by atoms with Crippen LogP contribution >= 0.6 is 0 Å². The van der Waals surface area contributed by atoms with Crippen LogP contribution in [-0.2, 0) is 11.8 Å². The fraction of sp³-hybridized carbons (Fsp3) is 0.389. The molecule has 7 nitrogen and oxygen atoms in total. The van der Waals surface area contributed by atoms with Crippen molar-refractivity contribution in [3.05, 3.63) is 35.9 Å². The Labute approximate surface area is 146 Å². The van der Waals surface area contributed by atoms with Crippen molar-refractivity contribution < 1.29 is 14.7 Å². The van der Waals surface area contributed by atoms with E-state index < -0.39 is 11.9 Å². The molecule has 7 heteroatoms. The van der Waals surface area contributed by atoms with Crippen molar-refractivity contribution in [2.24, 2.45) is 13.0 Å². The van der Waals surface area contributed by atoms with Gasteiger partial charge in [0, 0.05) is 31.8 Å². The van der Waals surface area contributed by atoms with Crippen molar-refractivity contribution in [1.82, 2.24) is 14.7 Å². The Hall–Kier alpha value is -2.83. The van der Waals surface area contributed by atoms with Gasteiger partial charge in [0.25, 0.3) is 0 Å². The third kappa shape index (κ3) is 3.65. The van der Waals surface area contributed by atoms with E-state index in [1.165, 1.54) is 0 Å². The first kappa shape index (κ1) is 17.0. The molecule has 1 aliphatic rings. The van der Waals surface area contributed by atoms with Gasteiger partial charge >= 0.3 is 12.0 Å². The van der Waals surface area contributed by atoms with Crippen LogP contribution in [0.1, 0.15) is 18.4 Å². The summed E-state index contributed by atoms with van der Waals surface area (Å²) in [6, 6.07) is 9.48. The zero-order valence-corrected chi connectivity index (χ0v) is 14.4. The zero-order chi connectivity index (χ0) is 18.0. The lowest BCUT2D eigenvalue weighted by Crippen LogP contribution is -2.44. The minimum absolute atomic E-state index is 0.240. The number of carboxylic acid groups (broad SMARTS) is 1. The second-order valence-corrected chi connectivity index (χ2v) is 6.41. The summed E-state index contributed by atoms with van der Waals surface area (Å²) in [5, 5.41) is 16.5. The van der Waals surface area contributed by atoms with Crippen molar-refractivity contribution in [1.29, 1.82) is 0 Å². The molecule has 2 aromatic rings. The summed E-state index contributed by atoms with van der Waals surface area (Å²) in [5.74, 6) is -0.755. The summed E-state index contributed by atoms with van der Waals surface area (Å²) in [6.07, 6.45) is 1.31. The molecule has 1 aliphatic heterocycles. The van der Waals surface area contributed by atoms with Gasteiger partial charge in [0.05, 0.1) is 11.6 Å². The number of likely N-dealkylation sites (tertiary alicyclic amines) is 1. The van der Waals surface area contributed by atoms with Crippen molar-refractivity contribution in [2.45, 2.75) is 19.8 Å². The van der Waals surface area contributed by atoms with Crippen LogP contribution in [0.4, 0.5) is 10.6 Å². The summed E-state index contributed by atoms with van der Waals surface area (Å²) >= 11 is 0. The number of carboxylic acids is 1. The second-order valence-electron chi connectivity index (χ2n) is 6.41. The Morgan fingerprint density at radius 2 is 2.08 bits per heavy atom. The Bertz CT molecular complexity index is 799. The lowest BCUT2D eigenvalue weighted by atomic mass is 9.99. The van der Waals surface area contributed by atoms with E-state index in [1.54, 1.807) is 16.6 Å². The molecule has 132 valence electrons. The van der Waals surface area contributed by atoms with Gasteiger partial charge < -0.3 is 10.0 Å². The number of anilines is 1. The van der Waals surface area contributed by atoms with Crippen LogP contribution in [0.2, 0.25) is 0 Å². The number of benzene rings is 1. The molecule has 1 aromatic heterocycles.